The van der Waals surface area contributed by atoms with E-state index < -0.39 is 5.60 Å². The summed E-state index contributed by atoms with van der Waals surface area (Å²) in [4.78, 5) is 18.0. The summed E-state index contributed by atoms with van der Waals surface area (Å²) in [6.07, 6.45) is 3.99. The minimum Gasteiger partial charge on any atom is -0.444 e. The number of anilines is 1. The summed E-state index contributed by atoms with van der Waals surface area (Å²) >= 11 is 6.11. The number of nitrogens with zero attached hydrogens (tertiary/aromatic N) is 2. The molecule has 0 saturated carbocycles. The topological polar surface area (TPSA) is 68.5 Å². The van der Waals surface area contributed by atoms with E-state index >= 15 is 0 Å². The third-order valence-corrected chi connectivity index (χ3v) is 3.74. The SMILES string of the molecule is CC(C)(C)OC(=O)N1CCCCC1C#Cc1c(Cl)ccnc1N. The maximum absolute atomic E-state index is 12.3. The Kier molecular flexibility index (Phi) is 5.38. The molecule has 1 aromatic rings. The second kappa shape index (κ2) is 7.10. The first-order valence-corrected chi connectivity index (χ1v) is 8.07. The number of carbonyl (C=O) groups excluding carboxylic acids is 1. The number of amides is 1. The molecule has 0 aromatic carbocycles. The van der Waals surface area contributed by atoms with E-state index in [4.69, 9.17) is 22.1 Å². The molecular weight excluding hydrogens is 314 g/mol. The molecule has 1 saturated heterocycles. The Morgan fingerprint density at radius 3 is 2.87 bits per heavy atom. The smallest absolute Gasteiger partial charge is 0.411 e. The normalized spacial score (nSPS) is 18.1. The van der Waals surface area contributed by atoms with Gasteiger partial charge in [0.25, 0.3) is 0 Å². The number of nitrogen functional groups attached to an aromatic ring is 1. The van der Waals surface area contributed by atoms with E-state index in [9.17, 15) is 4.79 Å². The molecule has 23 heavy (non-hydrogen) atoms. The molecule has 0 aliphatic carbocycles. The maximum Gasteiger partial charge on any atom is 0.411 e. The van der Waals surface area contributed by atoms with Crippen molar-refractivity contribution < 1.29 is 9.53 Å². The molecule has 1 aliphatic heterocycles. The summed E-state index contributed by atoms with van der Waals surface area (Å²) in [5.74, 6) is 6.38. The standard InChI is InChI=1S/C17H22ClN3O2/c1-17(2,3)23-16(22)21-11-5-4-6-12(21)7-8-13-14(18)9-10-20-15(13)19/h9-10,12H,4-6,11H2,1-3H3,(H2,19,20). The number of nitrogens with two attached hydrogens (primary N) is 1. The van der Waals surface area contributed by atoms with Gasteiger partial charge in [-0.2, -0.15) is 0 Å². The van der Waals surface area contributed by atoms with Gasteiger partial charge in [0.1, 0.15) is 11.4 Å². The lowest BCUT2D eigenvalue weighted by Crippen LogP contribution is -2.45. The van der Waals surface area contributed by atoms with Gasteiger partial charge in [-0.05, 0) is 46.1 Å². The molecule has 1 aliphatic rings. The van der Waals surface area contributed by atoms with E-state index in [0.29, 0.717) is 22.9 Å². The quantitative estimate of drug-likeness (QED) is 0.737. The summed E-state index contributed by atoms with van der Waals surface area (Å²) in [6.45, 7) is 6.20. The number of halogens is 1. The highest BCUT2D eigenvalue weighted by molar-refractivity contribution is 6.32. The van der Waals surface area contributed by atoms with Crippen LogP contribution in [0.1, 0.15) is 45.6 Å². The zero-order valence-corrected chi connectivity index (χ0v) is 14.5. The molecule has 1 amide bonds. The highest BCUT2D eigenvalue weighted by atomic mass is 35.5. The van der Waals surface area contributed by atoms with Crippen LogP contribution in [0.15, 0.2) is 12.3 Å². The monoisotopic (exact) mass is 335 g/mol. The second-order valence-corrected chi connectivity index (χ2v) is 6.91. The van der Waals surface area contributed by atoms with Crippen LogP contribution in [-0.2, 0) is 4.74 Å². The molecule has 0 bridgehead atoms. The van der Waals surface area contributed by atoms with E-state index in [2.05, 4.69) is 16.8 Å². The molecule has 2 heterocycles. The molecule has 0 spiro atoms. The van der Waals surface area contributed by atoms with Crippen LogP contribution in [0.25, 0.3) is 0 Å². The van der Waals surface area contributed by atoms with Gasteiger partial charge in [-0.15, -0.1) is 0 Å². The summed E-state index contributed by atoms with van der Waals surface area (Å²) < 4.78 is 5.46. The van der Waals surface area contributed by atoms with E-state index in [1.54, 1.807) is 11.0 Å². The lowest BCUT2D eigenvalue weighted by atomic mass is 10.0. The summed E-state index contributed by atoms with van der Waals surface area (Å²) in [6, 6.07) is 1.45. The molecule has 5 nitrogen and oxygen atoms in total. The Morgan fingerprint density at radius 2 is 2.22 bits per heavy atom. The third kappa shape index (κ3) is 4.77. The zero-order chi connectivity index (χ0) is 17.0. The van der Waals surface area contributed by atoms with Crippen LogP contribution in [-0.4, -0.2) is 34.2 Å². The Balaban J connectivity index is 2.20. The van der Waals surface area contributed by atoms with Crippen LogP contribution in [0.2, 0.25) is 5.02 Å². The fraction of sp³-hybridized carbons (Fsp3) is 0.529. The number of hydrogen-bond acceptors (Lipinski definition) is 4. The second-order valence-electron chi connectivity index (χ2n) is 6.51. The van der Waals surface area contributed by atoms with Crippen LogP contribution in [0.5, 0.6) is 0 Å². The molecule has 2 rings (SSSR count). The fourth-order valence-corrected chi connectivity index (χ4v) is 2.55. The van der Waals surface area contributed by atoms with Crippen molar-refractivity contribution in [1.29, 1.82) is 0 Å². The van der Waals surface area contributed by atoms with E-state index in [0.717, 1.165) is 19.3 Å². The van der Waals surface area contributed by atoms with Gasteiger partial charge in [-0.25, -0.2) is 9.78 Å². The van der Waals surface area contributed by atoms with Gasteiger partial charge in [0.05, 0.1) is 16.6 Å². The average Bonchev–Trinajstić information content (AvgIpc) is 2.45. The lowest BCUT2D eigenvalue weighted by Gasteiger charge is -2.34. The largest absolute Gasteiger partial charge is 0.444 e. The van der Waals surface area contributed by atoms with Crippen LogP contribution in [0, 0.1) is 11.8 Å². The van der Waals surface area contributed by atoms with Crippen molar-refractivity contribution in [3.05, 3.63) is 22.8 Å². The van der Waals surface area contributed by atoms with Crippen molar-refractivity contribution in [3.63, 3.8) is 0 Å². The van der Waals surface area contributed by atoms with E-state index in [-0.39, 0.29) is 12.1 Å². The summed E-state index contributed by atoms with van der Waals surface area (Å²) in [5.41, 5.74) is 5.79. The number of likely N-dealkylation sites (tertiary alicyclic amines) is 1. The summed E-state index contributed by atoms with van der Waals surface area (Å²) in [7, 11) is 0. The molecule has 2 N–H and O–H groups in total. The predicted molar refractivity (Wildman–Crippen MR) is 91.1 cm³/mol. The predicted octanol–water partition coefficient (Wildman–Crippen LogP) is 3.46. The Hall–Kier alpha value is -1.93. The number of aromatic nitrogens is 1. The molecule has 1 fully saturated rings. The summed E-state index contributed by atoms with van der Waals surface area (Å²) in [5, 5.41) is 0.463. The van der Waals surface area contributed by atoms with Gasteiger partial charge < -0.3 is 10.5 Å². The highest BCUT2D eigenvalue weighted by Crippen LogP contribution is 2.22. The first-order valence-electron chi connectivity index (χ1n) is 7.69. The number of piperidine rings is 1. The first-order chi connectivity index (χ1) is 10.8. The van der Waals surface area contributed by atoms with Crippen molar-refractivity contribution >= 4 is 23.5 Å². The zero-order valence-electron chi connectivity index (χ0n) is 13.7. The van der Waals surface area contributed by atoms with Gasteiger partial charge in [-0.3, -0.25) is 4.90 Å². The van der Waals surface area contributed by atoms with Gasteiger partial charge in [0, 0.05) is 12.7 Å². The molecule has 1 atom stereocenters. The Labute approximate surface area is 142 Å². The van der Waals surface area contributed by atoms with Crippen molar-refractivity contribution in [2.24, 2.45) is 0 Å². The maximum atomic E-state index is 12.3. The van der Waals surface area contributed by atoms with Crippen LogP contribution >= 0.6 is 11.6 Å². The van der Waals surface area contributed by atoms with Crippen molar-refractivity contribution in [2.75, 3.05) is 12.3 Å². The van der Waals surface area contributed by atoms with Crippen LogP contribution in [0.3, 0.4) is 0 Å². The highest BCUT2D eigenvalue weighted by Gasteiger charge is 2.29. The number of carbonyl (C=O) groups is 1. The van der Waals surface area contributed by atoms with Crippen molar-refractivity contribution in [2.45, 2.75) is 51.7 Å². The average molecular weight is 336 g/mol. The first kappa shape index (κ1) is 17.4. The Bertz CT molecular complexity index is 623. The molecule has 1 unspecified atom stereocenters. The molecule has 124 valence electrons. The third-order valence-electron chi connectivity index (χ3n) is 3.42. The minimum atomic E-state index is -0.524. The van der Waals surface area contributed by atoms with Gasteiger partial charge >= 0.3 is 6.09 Å². The van der Waals surface area contributed by atoms with E-state index in [1.807, 2.05) is 20.8 Å². The molecule has 1 aromatic heterocycles. The number of pyridine rings is 1. The van der Waals surface area contributed by atoms with Gasteiger partial charge in [0.15, 0.2) is 0 Å². The number of hydrogen-bond donors (Lipinski definition) is 1. The minimum absolute atomic E-state index is 0.200. The number of rotatable bonds is 0. The lowest BCUT2D eigenvalue weighted by molar-refractivity contribution is 0.0158. The van der Waals surface area contributed by atoms with Crippen molar-refractivity contribution in [1.82, 2.24) is 9.88 Å². The van der Waals surface area contributed by atoms with Crippen LogP contribution in [0.4, 0.5) is 10.6 Å². The molecular formula is C17H22ClN3O2. The van der Waals surface area contributed by atoms with Crippen molar-refractivity contribution in [3.8, 4) is 11.8 Å². The Morgan fingerprint density at radius 1 is 1.48 bits per heavy atom. The van der Waals surface area contributed by atoms with Gasteiger partial charge in [-0.1, -0.05) is 23.4 Å². The van der Waals surface area contributed by atoms with Crippen LogP contribution < -0.4 is 5.73 Å². The van der Waals surface area contributed by atoms with E-state index in [1.165, 1.54) is 6.20 Å². The molecule has 0 radical (unpaired) electrons. The number of ether oxygens (including phenoxy) is 1. The molecule has 6 heteroatoms. The fourth-order valence-electron chi connectivity index (χ4n) is 2.35. The van der Waals surface area contributed by atoms with Gasteiger partial charge in [0.2, 0.25) is 0 Å².